The van der Waals surface area contributed by atoms with Crippen molar-refractivity contribution in [3.05, 3.63) is 36.0 Å². The molecule has 2 rings (SSSR count). The smallest absolute Gasteiger partial charge is 0.355 e. The van der Waals surface area contributed by atoms with Crippen LogP contribution in [0.4, 0.5) is 13.2 Å². The van der Waals surface area contributed by atoms with Crippen LogP contribution in [0.1, 0.15) is 38.3 Å². The van der Waals surface area contributed by atoms with Crippen molar-refractivity contribution >= 4 is 28.6 Å². The maximum Gasteiger partial charge on any atom is 0.433 e. The number of hydrogen-bond donors (Lipinski definition) is 1. The fourth-order valence-electron chi connectivity index (χ4n) is 2.38. The molecule has 1 amide bonds. The van der Waals surface area contributed by atoms with E-state index in [1.165, 1.54) is 11.8 Å². The molecular formula is C18H21F3N2OS. The van der Waals surface area contributed by atoms with Crippen LogP contribution in [0.2, 0.25) is 0 Å². The largest absolute Gasteiger partial charge is 0.433 e. The van der Waals surface area contributed by atoms with E-state index in [0.717, 1.165) is 25.3 Å². The number of carbonyl (C=O) groups excluding carboxylic acids is 1. The van der Waals surface area contributed by atoms with E-state index in [2.05, 4.69) is 17.2 Å². The number of benzene rings is 1. The summed E-state index contributed by atoms with van der Waals surface area (Å²) in [5.74, 6) is 0.495. The lowest BCUT2D eigenvalue weighted by molar-refractivity contribution is -0.141. The van der Waals surface area contributed by atoms with Crippen LogP contribution in [0.5, 0.6) is 0 Å². The van der Waals surface area contributed by atoms with Crippen molar-refractivity contribution in [1.82, 2.24) is 10.3 Å². The van der Waals surface area contributed by atoms with Crippen LogP contribution >= 0.6 is 11.8 Å². The monoisotopic (exact) mass is 370 g/mol. The molecule has 7 heteroatoms. The van der Waals surface area contributed by atoms with Gasteiger partial charge in [-0.1, -0.05) is 38.0 Å². The van der Waals surface area contributed by atoms with Gasteiger partial charge in [-0.2, -0.15) is 13.2 Å². The van der Waals surface area contributed by atoms with E-state index in [1.807, 2.05) is 0 Å². The molecule has 136 valence electrons. The lowest BCUT2D eigenvalue weighted by atomic mass is 10.2. The zero-order valence-electron chi connectivity index (χ0n) is 14.0. The Morgan fingerprint density at radius 1 is 1.24 bits per heavy atom. The number of hydrogen-bond acceptors (Lipinski definition) is 3. The molecule has 0 fully saturated rings. The maximum atomic E-state index is 13.0. The van der Waals surface area contributed by atoms with Gasteiger partial charge in [0.05, 0.1) is 5.52 Å². The van der Waals surface area contributed by atoms with Gasteiger partial charge in [-0.05, 0) is 18.6 Å². The normalized spacial score (nSPS) is 11.7. The summed E-state index contributed by atoms with van der Waals surface area (Å²) >= 11 is 1.30. The first kappa shape index (κ1) is 19.6. The first-order valence-electron chi connectivity index (χ1n) is 8.28. The molecule has 0 atom stereocenters. The minimum atomic E-state index is -4.48. The van der Waals surface area contributed by atoms with Crippen molar-refractivity contribution in [2.24, 2.45) is 0 Å². The number of halogens is 3. The van der Waals surface area contributed by atoms with Gasteiger partial charge in [0.1, 0.15) is 5.69 Å². The van der Waals surface area contributed by atoms with E-state index in [-0.39, 0.29) is 5.91 Å². The third-order valence-electron chi connectivity index (χ3n) is 3.66. The van der Waals surface area contributed by atoms with E-state index in [9.17, 15) is 18.0 Å². The summed E-state index contributed by atoms with van der Waals surface area (Å²) in [6.45, 7) is 2.50. The standard InChI is InChI=1S/C18H21F3N2OS/c1-2-3-4-9-17(24)22-10-11-25-15-12-16(18(19,20)21)23-14-8-6-5-7-13(14)15/h5-8,12H,2-4,9-11H2,1H3,(H,22,24). The summed E-state index contributed by atoms with van der Waals surface area (Å²) in [7, 11) is 0. The van der Waals surface area contributed by atoms with Crippen molar-refractivity contribution in [3.8, 4) is 0 Å². The van der Waals surface area contributed by atoms with Crippen LogP contribution < -0.4 is 5.32 Å². The summed E-state index contributed by atoms with van der Waals surface area (Å²) in [6, 6.07) is 7.85. The average molecular weight is 370 g/mol. The third-order valence-corrected chi connectivity index (χ3v) is 4.71. The third kappa shape index (κ3) is 5.92. The fourth-order valence-corrected chi connectivity index (χ4v) is 3.33. The van der Waals surface area contributed by atoms with Crippen molar-refractivity contribution in [3.63, 3.8) is 0 Å². The number of amides is 1. The number of aromatic nitrogens is 1. The quantitative estimate of drug-likeness (QED) is 0.523. The first-order valence-corrected chi connectivity index (χ1v) is 9.27. The Balaban J connectivity index is 1.99. The topological polar surface area (TPSA) is 42.0 Å². The molecule has 0 radical (unpaired) electrons. The molecule has 0 saturated carbocycles. The molecule has 0 aliphatic heterocycles. The second-order valence-electron chi connectivity index (χ2n) is 5.68. The number of unbranched alkanes of at least 4 members (excludes halogenated alkanes) is 2. The lowest BCUT2D eigenvalue weighted by Crippen LogP contribution is -2.25. The summed E-state index contributed by atoms with van der Waals surface area (Å²) in [5, 5.41) is 3.50. The van der Waals surface area contributed by atoms with E-state index in [4.69, 9.17) is 0 Å². The minimum absolute atomic E-state index is 0.00961. The maximum absolute atomic E-state index is 13.0. The molecule has 2 aromatic rings. The molecule has 1 aromatic heterocycles. The Hall–Kier alpha value is -1.76. The van der Waals surface area contributed by atoms with Crippen molar-refractivity contribution in [1.29, 1.82) is 0 Å². The van der Waals surface area contributed by atoms with Gasteiger partial charge < -0.3 is 5.32 Å². The predicted octanol–water partition coefficient (Wildman–Crippen LogP) is 5.04. The van der Waals surface area contributed by atoms with Gasteiger partial charge in [0, 0.05) is 29.0 Å². The van der Waals surface area contributed by atoms with Crippen LogP contribution in [0.25, 0.3) is 10.9 Å². The van der Waals surface area contributed by atoms with E-state index >= 15 is 0 Å². The van der Waals surface area contributed by atoms with Gasteiger partial charge in [0.15, 0.2) is 0 Å². The molecule has 1 heterocycles. The Kier molecular flexibility index (Phi) is 7.11. The summed E-state index contributed by atoms with van der Waals surface area (Å²) in [5.41, 5.74) is -0.569. The number of rotatable bonds is 8. The molecule has 25 heavy (non-hydrogen) atoms. The van der Waals surface area contributed by atoms with E-state index in [1.54, 1.807) is 24.3 Å². The number of thioether (sulfide) groups is 1. The number of nitrogens with one attached hydrogen (secondary N) is 1. The Labute approximate surface area is 149 Å². The van der Waals surface area contributed by atoms with Crippen molar-refractivity contribution in [2.75, 3.05) is 12.3 Å². The Bertz CT molecular complexity index is 719. The number of fused-ring (bicyclic) bond motifs is 1. The zero-order chi connectivity index (χ0) is 18.3. The first-order chi connectivity index (χ1) is 11.9. The minimum Gasteiger partial charge on any atom is -0.355 e. The summed E-state index contributed by atoms with van der Waals surface area (Å²) in [4.78, 5) is 15.9. The second kappa shape index (κ2) is 9.08. The zero-order valence-corrected chi connectivity index (χ0v) is 14.8. The molecular weight excluding hydrogens is 349 g/mol. The summed E-state index contributed by atoms with van der Waals surface area (Å²) < 4.78 is 39.0. The van der Waals surface area contributed by atoms with Crippen LogP contribution in [0.3, 0.4) is 0 Å². The molecule has 3 nitrogen and oxygen atoms in total. The predicted molar refractivity (Wildman–Crippen MR) is 94.6 cm³/mol. The van der Waals surface area contributed by atoms with E-state index < -0.39 is 11.9 Å². The van der Waals surface area contributed by atoms with Gasteiger partial charge in [-0.25, -0.2) is 4.98 Å². The number of carbonyl (C=O) groups is 1. The number of nitrogens with zero attached hydrogens (tertiary/aromatic N) is 1. The highest BCUT2D eigenvalue weighted by molar-refractivity contribution is 7.99. The van der Waals surface area contributed by atoms with Crippen molar-refractivity contribution in [2.45, 2.75) is 43.7 Å². The number of para-hydroxylation sites is 1. The summed E-state index contributed by atoms with van der Waals surface area (Å²) in [6.07, 6.45) is -1.05. The highest BCUT2D eigenvalue weighted by Crippen LogP contribution is 2.34. The molecule has 1 N–H and O–H groups in total. The van der Waals surface area contributed by atoms with Crippen LogP contribution in [0.15, 0.2) is 35.2 Å². The van der Waals surface area contributed by atoms with Gasteiger partial charge in [-0.15, -0.1) is 11.8 Å². The van der Waals surface area contributed by atoms with Crippen molar-refractivity contribution < 1.29 is 18.0 Å². The van der Waals surface area contributed by atoms with E-state index in [0.29, 0.717) is 34.5 Å². The average Bonchev–Trinajstić information content (AvgIpc) is 2.58. The lowest BCUT2D eigenvalue weighted by Gasteiger charge is -2.11. The number of pyridine rings is 1. The molecule has 0 aliphatic rings. The van der Waals surface area contributed by atoms with Gasteiger partial charge >= 0.3 is 6.18 Å². The molecule has 1 aromatic carbocycles. The van der Waals surface area contributed by atoms with Gasteiger partial charge in [0.25, 0.3) is 0 Å². The fraction of sp³-hybridized carbons (Fsp3) is 0.444. The SMILES string of the molecule is CCCCCC(=O)NCCSc1cc(C(F)(F)F)nc2ccccc12. The second-order valence-corrected chi connectivity index (χ2v) is 6.81. The van der Waals surface area contributed by atoms with Crippen LogP contribution in [-0.2, 0) is 11.0 Å². The molecule has 0 unspecified atom stereocenters. The highest BCUT2D eigenvalue weighted by atomic mass is 32.2. The molecule has 0 saturated heterocycles. The van der Waals surface area contributed by atoms with Crippen LogP contribution in [-0.4, -0.2) is 23.2 Å². The van der Waals surface area contributed by atoms with Crippen LogP contribution in [0, 0.1) is 0 Å². The highest BCUT2D eigenvalue weighted by Gasteiger charge is 2.33. The number of alkyl halides is 3. The Morgan fingerprint density at radius 3 is 2.72 bits per heavy atom. The molecule has 0 aliphatic carbocycles. The van der Waals surface area contributed by atoms with Gasteiger partial charge in [0.2, 0.25) is 5.91 Å². The molecule has 0 spiro atoms. The Morgan fingerprint density at radius 2 is 2.00 bits per heavy atom. The molecule has 0 bridgehead atoms. The van der Waals surface area contributed by atoms with Gasteiger partial charge in [-0.3, -0.25) is 4.79 Å².